The molecule has 0 aliphatic heterocycles. The molecule has 0 aromatic heterocycles. The van der Waals surface area contributed by atoms with Gasteiger partial charge in [0.25, 0.3) is 15.9 Å². The average molecular weight is 452 g/mol. The second kappa shape index (κ2) is 10.6. The van der Waals surface area contributed by atoms with Crippen molar-refractivity contribution in [1.29, 1.82) is 0 Å². The van der Waals surface area contributed by atoms with Gasteiger partial charge in [0.1, 0.15) is 12.3 Å². The zero-order valence-electron chi connectivity index (χ0n) is 17.9. The number of amides is 1. The monoisotopic (exact) mass is 451 g/mol. The van der Waals surface area contributed by atoms with E-state index < -0.39 is 22.5 Å². The zero-order valence-corrected chi connectivity index (χ0v) is 18.7. The van der Waals surface area contributed by atoms with E-state index in [0.717, 1.165) is 15.4 Å². The van der Waals surface area contributed by atoms with Gasteiger partial charge < -0.3 is 4.74 Å². The van der Waals surface area contributed by atoms with Gasteiger partial charge >= 0.3 is 0 Å². The maximum absolute atomic E-state index is 13.3. The molecular weight excluding hydrogens is 426 g/mol. The van der Waals surface area contributed by atoms with E-state index in [0.29, 0.717) is 18.0 Å². The number of sulfonamides is 1. The molecule has 3 aromatic rings. The lowest BCUT2D eigenvalue weighted by atomic mass is 10.2. The molecule has 3 aromatic carbocycles. The van der Waals surface area contributed by atoms with Crippen molar-refractivity contribution in [2.45, 2.75) is 18.7 Å². The van der Waals surface area contributed by atoms with E-state index >= 15 is 0 Å². The summed E-state index contributed by atoms with van der Waals surface area (Å²) in [4.78, 5) is 12.7. The molecule has 0 fully saturated rings. The Bertz CT molecular complexity index is 1180. The lowest BCUT2D eigenvalue weighted by Gasteiger charge is -2.24. The number of rotatable bonds is 9. The summed E-state index contributed by atoms with van der Waals surface area (Å²) >= 11 is 0. The lowest BCUT2D eigenvalue weighted by Crippen LogP contribution is -2.39. The topological polar surface area (TPSA) is 88.1 Å². The first-order chi connectivity index (χ1) is 15.4. The average Bonchev–Trinajstić information content (AvgIpc) is 2.79. The van der Waals surface area contributed by atoms with Crippen LogP contribution in [0, 0.1) is 6.92 Å². The molecular formula is C24H25N3O4S. The second-order valence-corrected chi connectivity index (χ2v) is 8.82. The molecule has 0 heterocycles. The molecule has 32 heavy (non-hydrogen) atoms. The largest absolute Gasteiger partial charge is 0.494 e. The first kappa shape index (κ1) is 23.0. The molecule has 1 N–H and O–H groups in total. The molecule has 0 unspecified atom stereocenters. The van der Waals surface area contributed by atoms with Crippen LogP contribution in [0.25, 0.3) is 0 Å². The van der Waals surface area contributed by atoms with Crippen molar-refractivity contribution < 1.29 is 17.9 Å². The van der Waals surface area contributed by atoms with Gasteiger partial charge in [-0.15, -0.1) is 0 Å². The highest BCUT2D eigenvalue weighted by Gasteiger charge is 2.27. The van der Waals surface area contributed by atoms with Crippen LogP contribution in [0.2, 0.25) is 0 Å². The van der Waals surface area contributed by atoms with Crippen LogP contribution in [0.5, 0.6) is 5.75 Å². The molecule has 0 aliphatic rings. The van der Waals surface area contributed by atoms with Gasteiger partial charge in [-0.1, -0.05) is 48.0 Å². The lowest BCUT2D eigenvalue weighted by molar-refractivity contribution is -0.119. The third-order valence-corrected chi connectivity index (χ3v) is 6.29. The Hall–Kier alpha value is -3.65. The third-order valence-electron chi connectivity index (χ3n) is 4.50. The van der Waals surface area contributed by atoms with E-state index in [1.165, 1.54) is 18.3 Å². The van der Waals surface area contributed by atoms with Gasteiger partial charge in [-0.2, -0.15) is 5.10 Å². The highest BCUT2D eigenvalue weighted by molar-refractivity contribution is 7.92. The van der Waals surface area contributed by atoms with E-state index in [1.54, 1.807) is 42.5 Å². The number of nitrogens with one attached hydrogen (secondary N) is 1. The fourth-order valence-corrected chi connectivity index (χ4v) is 4.45. The van der Waals surface area contributed by atoms with Gasteiger partial charge in [0, 0.05) is 0 Å². The summed E-state index contributed by atoms with van der Waals surface area (Å²) in [7, 11) is -3.98. The number of carbonyl (C=O) groups excluding carboxylic acids is 1. The van der Waals surface area contributed by atoms with Crippen LogP contribution >= 0.6 is 0 Å². The molecule has 0 saturated carbocycles. The van der Waals surface area contributed by atoms with Crippen LogP contribution in [0.3, 0.4) is 0 Å². The number of benzene rings is 3. The number of ether oxygens (including phenoxy) is 1. The highest BCUT2D eigenvalue weighted by Crippen LogP contribution is 2.25. The van der Waals surface area contributed by atoms with Crippen molar-refractivity contribution in [2.24, 2.45) is 5.10 Å². The minimum atomic E-state index is -3.98. The number of hydrazone groups is 1. The summed E-state index contributed by atoms with van der Waals surface area (Å²) in [6.45, 7) is 3.88. The van der Waals surface area contributed by atoms with Crippen molar-refractivity contribution in [2.75, 3.05) is 17.5 Å². The normalized spacial score (nSPS) is 11.3. The Kier molecular flexibility index (Phi) is 7.62. The van der Waals surface area contributed by atoms with Crippen molar-refractivity contribution in [3.05, 3.63) is 90.0 Å². The SMILES string of the molecule is CCOc1ccc(N(CC(=O)N/N=C\c2cccc(C)c2)S(=O)(=O)c2ccccc2)cc1. The summed E-state index contributed by atoms with van der Waals surface area (Å²) in [5.74, 6) is 0.0443. The Labute approximate surface area is 188 Å². The third kappa shape index (κ3) is 5.95. The fourth-order valence-electron chi connectivity index (χ4n) is 3.01. The molecule has 7 nitrogen and oxygen atoms in total. The Balaban J connectivity index is 1.83. The number of aryl methyl sites for hydroxylation is 1. The van der Waals surface area contributed by atoms with E-state index in [-0.39, 0.29) is 4.90 Å². The number of nitrogens with zero attached hydrogens (tertiary/aromatic N) is 2. The van der Waals surface area contributed by atoms with Crippen molar-refractivity contribution in [3.63, 3.8) is 0 Å². The van der Waals surface area contributed by atoms with Gasteiger partial charge in [-0.05, 0) is 55.8 Å². The number of carbonyl (C=O) groups is 1. The predicted octanol–water partition coefficient (Wildman–Crippen LogP) is 3.74. The summed E-state index contributed by atoms with van der Waals surface area (Å²) in [6, 6.07) is 22.1. The summed E-state index contributed by atoms with van der Waals surface area (Å²) < 4.78 is 33.1. The van der Waals surface area contributed by atoms with Gasteiger partial charge in [0.15, 0.2) is 0 Å². The van der Waals surface area contributed by atoms with Crippen LogP contribution in [0.4, 0.5) is 5.69 Å². The van der Waals surface area contributed by atoms with Crippen molar-refractivity contribution in [3.8, 4) is 5.75 Å². The quantitative estimate of drug-likeness (QED) is 0.397. The molecule has 0 atom stereocenters. The number of hydrogen-bond donors (Lipinski definition) is 1. The van der Waals surface area contributed by atoms with Crippen LogP contribution in [0.15, 0.2) is 88.9 Å². The van der Waals surface area contributed by atoms with Gasteiger partial charge in [-0.3, -0.25) is 9.10 Å². The van der Waals surface area contributed by atoms with Crippen molar-refractivity contribution in [1.82, 2.24) is 5.43 Å². The Morgan fingerprint density at radius 2 is 1.75 bits per heavy atom. The standard InChI is InChI=1S/C24H25N3O4S/c1-3-31-22-14-12-21(13-15-22)27(32(29,30)23-10-5-4-6-11-23)18-24(28)26-25-17-20-9-7-8-19(2)16-20/h4-17H,3,18H2,1-2H3,(H,26,28)/b25-17-. The number of anilines is 1. The van der Waals surface area contributed by atoms with Gasteiger partial charge in [0.05, 0.1) is 23.4 Å². The second-order valence-electron chi connectivity index (χ2n) is 6.96. The van der Waals surface area contributed by atoms with E-state index in [2.05, 4.69) is 10.5 Å². The molecule has 0 bridgehead atoms. The van der Waals surface area contributed by atoms with Crippen LogP contribution in [-0.4, -0.2) is 33.7 Å². The first-order valence-electron chi connectivity index (χ1n) is 10.1. The van der Waals surface area contributed by atoms with Gasteiger partial charge in [-0.25, -0.2) is 13.8 Å². The maximum Gasteiger partial charge on any atom is 0.264 e. The zero-order chi connectivity index (χ0) is 23.0. The molecule has 0 radical (unpaired) electrons. The van der Waals surface area contributed by atoms with Crippen LogP contribution in [-0.2, 0) is 14.8 Å². The van der Waals surface area contributed by atoms with Gasteiger partial charge in [0.2, 0.25) is 0 Å². The van der Waals surface area contributed by atoms with E-state index in [4.69, 9.17) is 4.74 Å². The Morgan fingerprint density at radius 3 is 2.41 bits per heavy atom. The summed E-state index contributed by atoms with van der Waals surface area (Å²) in [5.41, 5.74) is 4.64. The molecule has 8 heteroatoms. The minimum absolute atomic E-state index is 0.0879. The van der Waals surface area contributed by atoms with E-state index in [1.807, 2.05) is 38.1 Å². The fraction of sp³-hybridized carbons (Fsp3) is 0.167. The molecule has 3 rings (SSSR count). The summed E-state index contributed by atoms with van der Waals surface area (Å²) in [6.07, 6.45) is 1.51. The van der Waals surface area contributed by atoms with E-state index in [9.17, 15) is 13.2 Å². The molecule has 0 saturated heterocycles. The maximum atomic E-state index is 13.3. The smallest absolute Gasteiger partial charge is 0.264 e. The molecule has 1 amide bonds. The molecule has 166 valence electrons. The van der Waals surface area contributed by atoms with Crippen molar-refractivity contribution >= 4 is 27.8 Å². The van der Waals surface area contributed by atoms with Crippen LogP contribution < -0.4 is 14.5 Å². The Morgan fingerprint density at radius 1 is 1.03 bits per heavy atom. The highest BCUT2D eigenvalue weighted by atomic mass is 32.2. The molecule has 0 spiro atoms. The number of hydrogen-bond acceptors (Lipinski definition) is 5. The van der Waals surface area contributed by atoms with Crippen LogP contribution in [0.1, 0.15) is 18.1 Å². The minimum Gasteiger partial charge on any atom is -0.494 e. The first-order valence-corrected chi connectivity index (χ1v) is 11.5. The molecule has 0 aliphatic carbocycles. The predicted molar refractivity (Wildman–Crippen MR) is 126 cm³/mol. The summed E-state index contributed by atoms with van der Waals surface area (Å²) in [5, 5.41) is 3.96.